The number of benzene rings is 2. The lowest BCUT2D eigenvalue weighted by Crippen LogP contribution is -2.36. The molecule has 2 aromatic rings. The summed E-state index contributed by atoms with van der Waals surface area (Å²) in [6, 6.07) is 15.0. The summed E-state index contributed by atoms with van der Waals surface area (Å²) in [5.74, 6) is 0. The summed E-state index contributed by atoms with van der Waals surface area (Å²) < 4.78 is 5.59. The third-order valence-corrected chi connectivity index (χ3v) is 6.55. The summed E-state index contributed by atoms with van der Waals surface area (Å²) in [6.07, 6.45) is 7.61. The third-order valence-electron chi connectivity index (χ3n) is 6.55. The molecule has 36 heavy (non-hydrogen) atoms. The minimum Gasteiger partial charge on any atom is -0.378 e. The first-order valence-corrected chi connectivity index (χ1v) is 12.5. The Morgan fingerprint density at radius 2 is 1.58 bits per heavy atom. The zero-order chi connectivity index (χ0) is 25.3. The van der Waals surface area contributed by atoms with E-state index in [0.29, 0.717) is 0 Å². The summed E-state index contributed by atoms with van der Waals surface area (Å²) >= 11 is 0. The summed E-state index contributed by atoms with van der Waals surface area (Å²) in [7, 11) is 0. The Kier molecular flexibility index (Phi) is 8.62. The van der Waals surface area contributed by atoms with Crippen LogP contribution in [0.1, 0.15) is 37.8 Å². The maximum absolute atomic E-state index is 10.8. The van der Waals surface area contributed by atoms with Gasteiger partial charge < -0.3 is 14.5 Å². The van der Waals surface area contributed by atoms with Gasteiger partial charge in [-0.25, -0.2) is 0 Å². The highest BCUT2D eigenvalue weighted by atomic mass is 16.6. The standard InChI is InChI=1S/C28H33N5O3/c1-3-31(4-2)26-11-5-22(6-12-26)19-24-9-10-25(28(24)32-15-17-36-18-16-32)21-30-29-20-23-7-13-27(14-8-23)33(34)35/h5-8,11-14,19-21H,3-4,9-10,15-18H2,1-2H3/b24-19+,29-20+,30-21+. The van der Waals surface area contributed by atoms with Gasteiger partial charge in [0.1, 0.15) is 0 Å². The van der Waals surface area contributed by atoms with Crippen molar-refractivity contribution in [3.63, 3.8) is 0 Å². The molecule has 2 aliphatic rings. The molecule has 8 heteroatoms. The topological polar surface area (TPSA) is 83.6 Å². The molecular formula is C28H33N5O3. The quantitative estimate of drug-likeness (QED) is 0.272. The Morgan fingerprint density at radius 1 is 0.944 bits per heavy atom. The van der Waals surface area contributed by atoms with Crippen LogP contribution < -0.4 is 4.90 Å². The molecule has 0 amide bonds. The Balaban J connectivity index is 1.54. The molecular weight excluding hydrogens is 454 g/mol. The first-order valence-electron chi connectivity index (χ1n) is 12.5. The number of non-ortho nitro benzene ring substituents is 1. The molecule has 0 aromatic heterocycles. The molecule has 0 saturated carbocycles. The van der Waals surface area contributed by atoms with Gasteiger partial charge in [0, 0.05) is 49.7 Å². The van der Waals surface area contributed by atoms with E-state index >= 15 is 0 Å². The number of hydrogen-bond donors (Lipinski definition) is 0. The van der Waals surface area contributed by atoms with E-state index in [2.05, 4.69) is 64.2 Å². The molecule has 0 atom stereocenters. The van der Waals surface area contributed by atoms with Gasteiger partial charge in [-0.1, -0.05) is 12.1 Å². The van der Waals surface area contributed by atoms with E-state index in [0.717, 1.165) is 57.8 Å². The monoisotopic (exact) mass is 487 g/mol. The van der Waals surface area contributed by atoms with Crippen LogP contribution in [0.2, 0.25) is 0 Å². The van der Waals surface area contributed by atoms with Crippen molar-refractivity contribution in [1.29, 1.82) is 0 Å². The van der Waals surface area contributed by atoms with Crippen molar-refractivity contribution >= 4 is 29.9 Å². The summed E-state index contributed by atoms with van der Waals surface area (Å²) in [6.45, 7) is 9.50. The van der Waals surface area contributed by atoms with Crippen molar-refractivity contribution in [3.05, 3.63) is 86.6 Å². The number of rotatable bonds is 9. The zero-order valence-electron chi connectivity index (χ0n) is 21.0. The molecule has 0 unspecified atom stereocenters. The van der Waals surface area contributed by atoms with Crippen molar-refractivity contribution in [2.75, 3.05) is 44.3 Å². The summed E-state index contributed by atoms with van der Waals surface area (Å²) in [5.41, 5.74) is 6.99. The van der Waals surface area contributed by atoms with Crippen LogP contribution in [0.25, 0.3) is 6.08 Å². The van der Waals surface area contributed by atoms with Gasteiger partial charge in [-0.15, -0.1) is 0 Å². The fraction of sp³-hybridized carbons (Fsp3) is 0.357. The second-order valence-electron chi connectivity index (χ2n) is 8.74. The molecule has 0 spiro atoms. The molecule has 1 heterocycles. The van der Waals surface area contributed by atoms with E-state index in [1.807, 2.05) is 6.21 Å². The maximum Gasteiger partial charge on any atom is 0.269 e. The molecule has 0 N–H and O–H groups in total. The number of nitro groups is 1. The van der Waals surface area contributed by atoms with Crippen molar-refractivity contribution in [2.24, 2.45) is 10.2 Å². The Bertz CT molecular complexity index is 1160. The predicted molar refractivity (Wildman–Crippen MR) is 146 cm³/mol. The zero-order valence-corrected chi connectivity index (χ0v) is 21.0. The molecule has 8 nitrogen and oxygen atoms in total. The number of morpholine rings is 1. The number of nitro benzene ring substituents is 1. The Labute approximate surface area is 212 Å². The molecule has 0 bridgehead atoms. The molecule has 1 aliphatic carbocycles. The van der Waals surface area contributed by atoms with Crippen LogP contribution in [0.15, 0.2) is 75.6 Å². The molecule has 188 valence electrons. The van der Waals surface area contributed by atoms with Crippen LogP contribution >= 0.6 is 0 Å². The van der Waals surface area contributed by atoms with Gasteiger partial charge in [-0.2, -0.15) is 10.2 Å². The Hall–Kier alpha value is -3.78. The Morgan fingerprint density at radius 3 is 2.22 bits per heavy atom. The van der Waals surface area contributed by atoms with E-state index in [9.17, 15) is 10.1 Å². The highest BCUT2D eigenvalue weighted by molar-refractivity contribution is 5.85. The normalized spacial score (nSPS) is 17.6. The number of nitrogens with zero attached hydrogens (tertiary/aromatic N) is 5. The fourth-order valence-corrected chi connectivity index (χ4v) is 4.63. The molecule has 1 saturated heterocycles. The molecule has 1 fully saturated rings. The average molecular weight is 488 g/mol. The second-order valence-corrected chi connectivity index (χ2v) is 8.74. The lowest BCUT2D eigenvalue weighted by atomic mass is 10.1. The average Bonchev–Trinajstić information content (AvgIpc) is 3.31. The number of anilines is 1. The van der Waals surface area contributed by atoms with Gasteiger partial charge in [-0.05, 0) is 79.3 Å². The van der Waals surface area contributed by atoms with Crippen molar-refractivity contribution in [2.45, 2.75) is 26.7 Å². The lowest BCUT2D eigenvalue weighted by molar-refractivity contribution is -0.384. The van der Waals surface area contributed by atoms with Crippen LogP contribution in [-0.4, -0.2) is 61.6 Å². The van der Waals surface area contributed by atoms with Crippen molar-refractivity contribution < 1.29 is 9.66 Å². The number of hydrogen-bond acceptors (Lipinski definition) is 7. The number of allylic oxidation sites excluding steroid dienone is 2. The maximum atomic E-state index is 10.8. The third kappa shape index (κ3) is 6.26. The van der Waals surface area contributed by atoms with Crippen LogP contribution in [0, 0.1) is 10.1 Å². The molecule has 0 radical (unpaired) electrons. The summed E-state index contributed by atoms with van der Waals surface area (Å²) in [4.78, 5) is 15.1. The lowest BCUT2D eigenvalue weighted by Gasteiger charge is -2.31. The van der Waals surface area contributed by atoms with Crippen molar-refractivity contribution in [3.8, 4) is 0 Å². The minimum atomic E-state index is -0.413. The van der Waals surface area contributed by atoms with Crippen LogP contribution in [0.5, 0.6) is 0 Å². The van der Waals surface area contributed by atoms with E-state index in [1.54, 1.807) is 18.3 Å². The van der Waals surface area contributed by atoms with Crippen LogP contribution in [-0.2, 0) is 4.74 Å². The highest BCUT2D eigenvalue weighted by Gasteiger charge is 2.25. The SMILES string of the molecule is CCN(CC)c1ccc(/C=C2\CCC(/C=N/N=C/c3ccc([N+](=O)[O-])cc3)=C2N2CCOCC2)cc1. The minimum absolute atomic E-state index is 0.0592. The van der Waals surface area contributed by atoms with Crippen molar-refractivity contribution in [1.82, 2.24) is 4.90 Å². The van der Waals surface area contributed by atoms with E-state index in [4.69, 9.17) is 4.74 Å². The second kappa shape index (κ2) is 12.3. The van der Waals surface area contributed by atoms with Gasteiger partial charge in [0.05, 0.1) is 30.6 Å². The number of ether oxygens (including phenoxy) is 1. The first-order chi connectivity index (χ1) is 17.6. The highest BCUT2D eigenvalue weighted by Crippen LogP contribution is 2.35. The van der Waals surface area contributed by atoms with Gasteiger partial charge in [0.2, 0.25) is 0 Å². The molecule has 2 aromatic carbocycles. The van der Waals surface area contributed by atoms with Crippen LogP contribution in [0.4, 0.5) is 11.4 Å². The van der Waals surface area contributed by atoms with E-state index < -0.39 is 4.92 Å². The first kappa shape index (κ1) is 25.3. The molecule has 4 rings (SSSR count). The van der Waals surface area contributed by atoms with Crippen LogP contribution in [0.3, 0.4) is 0 Å². The summed E-state index contributed by atoms with van der Waals surface area (Å²) in [5, 5.41) is 19.3. The van der Waals surface area contributed by atoms with Gasteiger partial charge in [0.15, 0.2) is 0 Å². The largest absolute Gasteiger partial charge is 0.378 e. The fourth-order valence-electron chi connectivity index (χ4n) is 4.63. The van der Waals surface area contributed by atoms with E-state index in [-0.39, 0.29) is 5.69 Å². The van der Waals surface area contributed by atoms with Gasteiger partial charge >= 0.3 is 0 Å². The van der Waals surface area contributed by atoms with Gasteiger partial charge in [0.25, 0.3) is 5.69 Å². The molecule has 1 aliphatic heterocycles. The smallest absolute Gasteiger partial charge is 0.269 e. The predicted octanol–water partition coefficient (Wildman–Crippen LogP) is 5.31. The van der Waals surface area contributed by atoms with E-state index in [1.165, 1.54) is 40.2 Å². The van der Waals surface area contributed by atoms with Gasteiger partial charge in [-0.3, -0.25) is 10.1 Å².